The largest absolute Gasteiger partial charge is 0.383 e. The highest BCUT2D eigenvalue weighted by atomic mass is 79.9. The number of hydrogen-bond acceptors (Lipinski definition) is 6. The normalized spacial score (nSPS) is 21.4. The van der Waals surface area contributed by atoms with Crippen LogP contribution in [0.4, 0.5) is 5.82 Å². The number of halogens is 1. The molecule has 2 aromatic heterocycles. The predicted octanol–water partition coefficient (Wildman–Crippen LogP) is 6.79. The molecule has 0 bridgehead atoms. The Hall–Kier alpha value is -3.82. The van der Waals surface area contributed by atoms with Crippen LogP contribution in [0.2, 0.25) is 0 Å². The molecule has 0 amide bonds. The Morgan fingerprint density at radius 3 is 2.02 bits per heavy atom. The van der Waals surface area contributed by atoms with Crippen LogP contribution in [0, 0.1) is 0 Å². The van der Waals surface area contributed by atoms with Gasteiger partial charge in [0.2, 0.25) is 0 Å². The van der Waals surface area contributed by atoms with E-state index in [9.17, 15) is 0 Å². The van der Waals surface area contributed by atoms with Crippen molar-refractivity contribution in [1.29, 1.82) is 0 Å². The number of nitrogen functional groups attached to an aromatic ring is 1. The van der Waals surface area contributed by atoms with Crippen molar-refractivity contribution < 1.29 is 14.2 Å². The fourth-order valence-electron chi connectivity index (χ4n) is 6.35. The first kappa shape index (κ1) is 27.0. The third-order valence-corrected chi connectivity index (χ3v) is 8.73. The second-order valence-corrected chi connectivity index (χ2v) is 12.0. The SMILES string of the molecule is CC1(C)O[C@@H]2[C@H](O1)C(COC(c1ccccc1)(c1ccccc1)c1ccccc1)=C[C@H]2n1cc(Br)c2c(N)ncnc21. The molecule has 0 radical (unpaired) electrons. The van der Waals surface area contributed by atoms with Gasteiger partial charge < -0.3 is 24.5 Å². The minimum Gasteiger partial charge on any atom is -0.383 e. The van der Waals surface area contributed by atoms with E-state index < -0.39 is 11.4 Å². The van der Waals surface area contributed by atoms with Crippen molar-refractivity contribution in [3.8, 4) is 0 Å². The summed E-state index contributed by atoms with van der Waals surface area (Å²) in [6.07, 6.45) is 5.12. The first-order valence-corrected chi connectivity index (χ1v) is 14.8. The standard InChI is InChI=1S/C34H31BrN4O3/c1-33(2)41-29-22(18-27(30(29)42-33)39-19-26(35)28-31(36)37-21-38-32(28)39)20-40-34(23-12-6-3-7-13-23,24-14-8-4-9-15-24)25-16-10-5-11-17-25/h3-19,21,27,29-30H,20H2,1-2H3,(H2,36,37,38)/t27-,29-,30+/m1/s1. The maximum atomic E-state index is 7.18. The number of hydrogen-bond donors (Lipinski definition) is 1. The molecule has 3 atom stereocenters. The Kier molecular flexibility index (Phi) is 6.74. The van der Waals surface area contributed by atoms with Gasteiger partial charge in [0.1, 0.15) is 35.6 Å². The molecule has 2 N–H and O–H groups in total. The van der Waals surface area contributed by atoms with Gasteiger partial charge in [0.05, 0.1) is 18.0 Å². The number of ether oxygens (including phenoxy) is 3. The van der Waals surface area contributed by atoms with Crippen LogP contribution in [-0.2, 0) is 19.8 Å². The highest BCUT2D eigenvalue weighted by molar-refractivity contribution is 9.10. The van der Waals surface area contributed by atoms with Gasteiger partial charge in [-0.15, -0.1) is 0 Å². The molecule has 42 heavy (non-hydrogen) atoms. The minimum absolute atomic E-state index is 0.182. The molecule has 0 saturated carbocycles. The molecule has 3 heterocycles. The quantitative estimate of drug-likeness (QED) is 0.159. The molecule has 2 aliphatic rings. The molecule has 7 nitrogen and oxygen atoms in total. The van der Waals surface area contributed by atoms with Crippen LogP contribution in [0.15, 0.2) is 120 Å². The van der Waals surface area contributed by atoms with Crippen LogP contribution < -0.4 is 5.73 Å². The van der Waals surface area contributed by atoms with E-state index >= 15 is 0 Å². The summed E-state index contributed by atoms with van der Waals surface area (Å²) in [6, 6.07) is 31.0. The number of fused-ring (bicyclic) bond motifs is 2. The van der Waals surface area contributed by atoms with E-state index in [0.717, 1.165) is 37.8 Å². The zero-order valence-electron chi connectivity index (χ0n) is 23.4. The Bertz CT molecular complexity index is 1660. The molecule has 1 fully saturated rings. The van der Waals surface area contributed by atoms with Crippen LogP contribution in [0.25, 0.3) is 11.0 Å². The molecule has 3 aromatic carbocycles. The maximum absolute atomic E-state index is 7.18. The van der Waals surface area contributed by atoms with Crippen molar-refractivity contribution in [2.24, 2.45) is 0 Å². The van der Waals surface area contributed by atoms with Crippen molar-refractivity contribution in [3.05, 3.63) is 136 Å². The van der Waals surface area contributed by atoms with Gasteiger partial charge in [0.25, 0.3) is 0 Å². The van der Waals surface area contributed by atoms with Gasteiger partial charge in [0, 0.05) is 10.7 Å². The number of aromatic nitrogens is 3. The lowest BCUT2D eigenvalue weighted by Crippen LogP contribution is -2.35. The Morgan fingerprint density at radius 1 is 0.881 bits per heavy atom. The molecule has 1 aliphatic carbocycles. The van der Waals surface area contributed by atoms with Crippen molar-refractivity contribution in [2.45, 2.75) is 43.5 Å². The Morgan fingerprint density at radius 2 is 1.45 bits per heavy atom. The molecular weight excluding hydrogens is 592 g/mol. The minimum atomic E-state index is -0.849. The van der Waals surface area contributed by atoms with Crippen LogP contribution in [0.1, 0.15) is 36.6 Å². The molecular formula is C34H31BrN4O3. The number of benzene rings is 3. The molecule has 0 unspecified atom stereocenters. The molecule has 5 aromatic rings. The topological polar surface area (TPSA) is 84.4 Å². The Balaban J connectivity index is 1.34. The zero-order chi connectivity index (χ0) is 28.9. The number of nitrogens with two attached hydrogens (primary N) is 1. The van der Waals surface area contributed by atoms with Crippen LogP contribution in [-0.4, -0.2) is 39.1 Å². The van der Waals surface area contributed by atoms with Crippen molar-refractivity contribution in [2.75, 3.05) is 12.3 Å². The molecule has 8 heteroatoms. The van der Waals surface area contributed by atoms with Crippen molar-refractivity contribution in [1.82, 2.24) is 14.5 Å². The summed E-state index contributed by atoms with van der Waals surface area (Å²) in [6.45, 7) is 4.23. The van der Waals surface area contributed by atoms with E-state index in [1.54, 1.807) is 0 Å². The first-order valence-electron chi connectivity index (χ1n) is 14.0. The van der Waals surface area contributed by atoms with E-state index in [-0.39, 0.29) is 18.2 Å². The first-order chi connectivity index (χ1) is 20.4. The van der Waals surface area contributed by atoms with E-state index in [4.69, 9.17) is 19.9 Å². The van der Waals surface area contributed by atoms with E-state index in [1.165, 1.54) is 6.33 Å². The number of rotatable bonds is 7. The van der Waals surface area contributed by atoms with Crippen molar-refractivity contribution >= 4 is 32.8 Å². The summed E-state index contributed by atoms with van der Waals surface area (Å²) < 4.78 is 23.1. The zero-order valence-corrected chi connectivity index (χ0v) is 24.9. The molecule has 0 spiro atoms. The molecule has 212 valence electrons. The molecule has 1 aliphatic heterocycles. The number of nitrogens with zero attached hydrogens (tertiary/aromatic N) is 3. The highest BCUT2D eigenvalue weighted by Gasteiger charge is 2.51. The average Bonchev–Trinajstić information content (AvgIpc) is 3.63. The maximum Gasteiger partial charge on any atom is 0.164 e. The number of anilines is 1. The fraction of sp³-hybridized carbons (Fsp3) is 0.235. The van der Waals surface area contributed by atoms with Crippen LogP contribution in [0.3, 0.4) is 0 Å². The summed E-state index contributed by atoms with van der Waals surface area (Å²) in [5.74, 6) is -0.327. The summed E-state index contributed by atoms with van der Waals surface area (Å²) in [4.78, 5) is 8.76. The Labute approximate surface area is 253 Å². The third-order valence-electron chi connectivity index (χ3n) is 8.13. The summed E-state index contributed by atoms with van der Waals surface area (Å²) in [5.41, 5.74) is 10.3. The second-order valence-electron chi connectivity index (χ2n) is 11.2. The van der Waals surface area contributed by atoms with Gasteiger partial charge in [-0.2, -0.15) is 0 Å². The lowest BCUT2D eigenvalue weighted by molar-refractivity contribution is -0.148. The van der Waals surface area contributed by atoms with E-state index in [0.29, 0.717) is 12.4 Å². The summed E-state index contributed by atoms with van der Waals surface area (Å²) >= 11 is 3.66. The monoisotopic (exact) mass is 622 g/mol. The summed E-state index contributed by atoms with van der Waals surface area (Å²) in [7, 11) is 0. The fourth-order valence-corrected chi connectivity index (χ4v) is 6.95. The lowest BCUT2D eigenvalue weighted by Gasteiger charge is -2.36. The van der Waals surface area contributed by atoms with Gasteiger partial charge in [0.15, 0.2) is 5.79 Å². The second kappa shape index (κ2) is 10.5. The van der Waals surface area contributed by atoms with Gasteiger partial charge in [-0.3, -0.25) is 0 Å². The van der Waals surface area contributed by atoms with E-state index in [1.807, 2.05) is 38.2 Å². The van der Waals surface area contributed by atoms with Gasteiger partial charge in [-0.1, -0.05) is 97.1 Å². The van der Waals surface area contributed by atoms with Gasteiger partial charge >= 0.3 is 0 Å². The predicted molar refractivity (Wildman–Crippen MR) is 166 cm³/mol. The van der Waals surface area contributed by atoms with E-state index in [2.05, 4.69) is 109 Å². The van der Waals surface area contributed by atoms with Crippen molar-refractivity contribution in [3.63, 3.8) is 0 Å². The van der Waals surface area contributed by atoms with Gasteiger partial charge in [-0.25, -0.2) is 9.97 Å². The lowest BCUT2D eigenvalue weighted by atomic mass is 9.80. The highest BCUT2D eigenvalue weighted by Crippen LogP contribution is 2.47. The van der Waals surface area contributed by atoms with Crippen LogP contribution >= 0.6 is 15.9 Å². The van der Waals surface area contributed by atoms with Crippen LogP contribution in [0.5, 0.6) is 0 Å². The molecule has 1 saturated heterocycles. The third kappa shape index (κ3) is 4.46. The summed E-state index contributed by atoms with van der Waals surface area (Å²) in [5, 5.41) is 0.779. The average molecular weight is 624 g/mol. The smallest absolute Gasteiger partial charge is 0.164 e. The molecule has 7 rings (SSSR count). The van der Waals surface area contributed by atoms with Gasteiger partial charge in [-0.05, 0) is 52.0 Å².